The van der Waals surface area contributed by atoms with Crippen molar-refractivity contribution in [1.29, 1.82) is 0 Å². The fraction of sp³-hybridized carbons (Fsp3) is 0.346. The van der Waals surface area contributed by atoms with Crippen LogP contribution in [0.15, 0.2) is 35.5 Å². The van der Waals surface area contributed by atoms with Gasteiger partial charge in [-0.25, -0.2) is 14.1 Å². The maximum Gasteiger partial charge on any atom is 0.240 e. The van der Waals surface area contributed by atoms with E-state index in [0.29, 0.717) is 17.7 Å². The van der Waals surface area contributed by atoms with Crippen molar-refractivity contribution in [2.24, 2.45) is 0 Å². The van der Waals surface area contributed by atoms with Gasteiger partial charge in [-0.15, -0.1) is 21.5 Å². The molecule has 1 aromatic carbocycles. The molecule has 9 nitrogen and oxygen atoms in total. The van der Waals surface area contributed by atoms with Crippen LogP contribution in [-0.2, 0) is 22.6 Å². The van der Waals surface area contributed by atoms with Crippen molar-refractivity contribution < 1.29 is 9.53 Å². The number of thiophene rings is 1. The summed E-state index contributed by atoms with van der Waals surface area (Å²) in [4.78, 5) is 19.9. The third kappa shape index (κ3) is 4.41. The van der Waals surface area contributed by atoms with Gasteiger partial charge < -0.3 is 10.1 Å². The molecule has 5 heterocycles. The first kappa shape index (κ1) is 24.1. The number of hydrogen-bond donors (Lipinski definition) is 1. The third-order valence-corrected chi connectivity index (χ3v) is 8.42. The number of amides is 1. The summed E-state index contributed by atoms with van der Waals surface area (Å²) in [7, 11) is 0. The average Bonchev–Trinajstić information content (AvgIpc) is 3.52. The molecule has 1 amide bonds. The van der Waals surface area contributed by atoms with Crippen molar-refractivity contribution in [3.05, 3.63) is 57.7 Å². The number of thioether (sulfide) groups is 1. The van der Waals surface area contributed by atoms with E-state index in [1.807, 2.05) is 60.2 Å². The van der Waals surface area contributed by atoms with Crippen molar-refractivity contribution in [1.82, 2.24) is 29.4 Å². The largest absolute Gasteiger partial charge is 0.370 e. The summed E-state index contributed by atoms with van der Waals surface area (Å²) in [6.45, 7) is 10.7. The number of aromatic nitrogens is 6. The van der Waals surface area contributed by atoms with Crippen molar-refractivity contribution >= 4 is 50.6 Å². The normalized spacial score (nSPS) is 14.8. The van der Waals surface area contributed by atoms with Crippen LogP contribution < -0.4 is 5.32 Å². The first-order chi connectivity index (χ1) is 17.7. The number of anilines is 1. The van der Waals surface area contributed by atoms with Crippen LogP contribution in [0.3, 0.4) is 0 Å². The number of carbonyl (C=O) groups excluding carboxylic acids is 1. The quantitative estimate of drug-likeness (QED) is 0.316. The fourth-order valence-corrected chi connectivity index (χ4v) is 6.45. The van der Waals surface area contributed by atoms with Gasteiger partial charge >= 0.3 is 0 Å². The molecule has 0 unspecified atom stereocenters. The van der Waals surface area contributed by atoms with Gasteiger partial charge in [0.1, 0.15) is 4.83 Å². The van der Waals surface area contributed by atoms with Gasteiger partial charge in [0.2, 0.25) is 11.9 Å². The smallest absolute Gasteiger partial charge is 0.240 e. The number of aryl methyl sites for hydroxylation is 3. The summed E-state index contributed by atoms with van der Waals surface area (Å²) in [5, 5.41) is 18.4. The van der Waals surface area contributed by atoms with Crippen molar-refractivity contribution in [2.75, 3.05) is 11.1 Å². The number of benzene rings is 1. The Labute approximate surface area is 222 Å². The van der Waals surface area contributed by atoms with Crippen LogP contribution in [0.5, 0.6) is 0 Å². The van der Waals surface area contributed by atoms with Gasteiger partial charge in [0.15, 0.2) is 10.8 Å². The van der Waals surface area contributed by atoms with Gasteiger partial charge in [0, 0.05) is 22.7 Å². The van der Waals surface area contributed by atoms with Gasteiger partial charge in [-0.05, 0) is 58.4 Å². The summed E-state index contributed by atoms with van der Waals surface area (Å²) in [5.41, 5.74) is 5.44. The molecular weight excluding hydrogens is 506 g/mol. The second-order valence-corrected chi connectivity index (χ2v) is 12.0. The number of rotatable bonds is 5. The lowest BCUT2D eigenvalue weighted by atomic mass is 9.94. The number of hydrogen-bond acceptors (Lipinski definition) is 8. The SMILES string of the molecule is Cc1ccc(NC(=O)CSc2nnc3c4c5c(sc4nc(-n4nc(C)cc4C)n23)COC(C)(C)C5)cc1. The van der Waals surface area contributed by atoms with Gasteiger partial charge in [0.25, 0.3) is 0 Å². The van der Waals surface area contributed by atoms with E-state index in [-0.39, 0.29) is 17.3 Å². The summed E-state index contributed by atoms with van der Waals surface area (Å²) in [5.74, 6) is 0.684. The van der Waals surface area contributed by atoms with Crippen molar-refractivity contribution in [3.63, 3.8) is 0 Å². The maximum atomic E-state index is 12.7. The zero-order valence-electron chi connectivity index (χ0n) is 21.3. The molecule has 0 saturated heterocycles. The molecule has 11 heteroatoms. The Morgan fingerprint density at radius 2 is 1.97 bits per heavy atom. The Balaban J connectivity index is 1.43. The molecule has 4 aromatic heterocycles. The van der Waals surface area contributed by atoms with Crippen molar-refractivity contribution in [2.45, 2.75) is 58.4 Å². The van der Waals surface area contributed by atoms with E-state index in [1.54, 1.807) is 11.3 Å². The maximum absolute atomic E-state index is 12.7. The minimum atomic E-state index is -0.266. The number of fused-ring (bicyclic) bond motifs is 5. The monoisotopic (exact) mass is 533 g/mol. The molecule has 0 aliphatic carbocycles. The minimum absolute atomic E-state index is 0.112. The zero-order chi connectivity index (χ0) is 25.9. The first-order valence-electron chi connectivity index (χ1n) is 12.0. The summed E-state index contributed by atoms with van der Waals surface area (Å²) in [6, 6.07) is 9.76. The van der Waals surface area contributed by atoms with E-state index in [1.165, 1.54) is 22.2 Å². The highest BCUT2D eigenvalue weighted by molar-refractivity contribution is 7.99. The van der Waals surface area contributed by atoms with Gasteiger partial charge in [0.05, 0.1) is 29.0 Å². The summed E-state index contributed by atoms with van der Waals surface area (Å²) >= 11 is 2.97. The Bertz CT molecular complexity index is 1660. The lowest BCUT2D eigenvalue weighted by molar-refractivity contribution is -0.113. The van der Waals surface area contributed by atoms with Crippen molar-refractivity contribution in [3.8, 4) is 5.95 Å². The van der Waals surface area contributed by atoms with E-state index >= 15 is 0 Å². The Hall–Kier alpha value is -3.28. The molecule has 6 rings (SSSR count). The summed E-state index contributed by atoms with van der Waals surface area (Å²) in [6.07, 6.45) is 0.771. The lowest BCUT2D eigenvalue weighted by Crippen LogP contribution is -2.31. The molecule has 0 radical (unpaired) electrons. The fourth-order valence-electron chi connectivity index (χ4n) is 4.63. The molecule has 0 saturated carbocycles. The van der Waals surface area contributed by atoms with Crippen LogP contribution in [0.25, 0.3) is 21.8 Å². The topological polar surface area (TPSA) is 99.2 Å². The number of carbonyl (C=O) groups is 1. The molecule has 1 aliphatic rings. The molecule has 37 heavy (non-hydrogen) atoms. The third-order valence-electron chi connectivity index (χ3n) is 6.39. The zero-order valence-corrected chi connectivity index (χ0v) is 23.0. The van der Waals surface area contributed by atoms with Gasteiger partial charge in [-0.3, -0.25) is 4.79 Å². The van der Waals surface area contributed by atoms with E-state index in [0.717, 1.165) is 44.9 Å². The predicted molar refractivity (Wildman–Crippen MR) is 146 cm³/mol. The van der Waals surface area contributed by atoms with Gasteiger partial charge in [-0.2, -0.15) is 5.10 Å². The first-order valence-corrected chi connectivity index (χ1v) is 13.8. The van der Waals surface area contributed by atoms with E-state index in [4.69, 9.17) is 14.8 Å². The molecule has 1 aliphatic heterocycles. The lowest BCUT2D eigenvalue weighted by Gasteiger charge is -2.30. The van der Waals surface area contributed by atoms with E-state index < -0.39 is 0 Å². The Morgan fingerprint density at radius 1 is 1.19 bits per heavy atom. The molecule has 0 bridgehead atoms. The molecule has 0 atom stereocenters. The van der Waals surface area contributed by atoms with E-state index in [2.05, 4.69) is 29.4 Å². The van der Waals surface area contributed by atoms with Crippen LogP contribution in [0.4, 0.5) is 5.69 Å². The number of nitrogens with one attached hydrogen (secondary N) is 1. The highest BCUT2D eigenvalue weighted by Gasteiger charge is 2.32. The minimum Gasteiger partial charge on any atom is -0.370 e. The predicted octanol–water partition coefficient (Wildman–Crippen LogP) is 5.03. The van der Waals surface area contributed by atoms with Crippen LogP contribution in [0.2, 0.25) is 0 Å². The number of nitrogens with zero attached hydrogens (tertiary/aromatic N) is 6. The molecule has 0 spiro atoms. The highest BCUT2D eigenvalue weighted by Crippen LogP contribution is 2.41. The highest BCUT2D eigenvalue weighted by atomic mass is 32.2. The summed E-state index contributed by atoms with van der Waals surface area (Å²) < 4.78 is 9.82. The van der Waals surface area contributed by atoms with Crippen LogP contribution >= 0.6 is 23.1 Å². The molecule has 1 N–H and O–H groups in total. The molecular formula is C26H27N7O2S2. The van der Waals surface area contributed by atoms with Gasteiger partial charge in [-0.1, -0.05) is 29.5 Å². The van der Waals surface area contributed by atoms with E-state index in [9.17, 15) is 4.79 Å². The second kappa shape index (κ2) is 8.93. The molecule has 0 fully saturated rings. The van der Waals surface area contributed by atoms with Crippen LogP contribution in [-0.4, -0.2) is 46.6 Å². The molecule has 5 aromatic rings. The number of ether oxygens (including phenoxy) is 1. The Morgan fingerprint density at radius 3 is 2.70 bits per heavy atom. The molecule has 190 valence electrons. The van der Waals surface area contributed by atoms with Crippen LogP contribution in [0, 0.1) is 20.8 Å². The standard InChI is InChI=1S/C26H27N7O2S2/c1-14-6-8-17(9-7-14)27-20(34)13-36-25-30-29-22-21-18-11-26(4,5)35-12-19(18)37-23(21)28-24(32(22)25)33-16(3)10-15(2)31-33/h6-10H,11-13H2,1-5H3,(H,27,34). The Kier molecular flexibility index (Phi) is 5.81. The second-order valence-electron chi connectivity index (χ2n) is 10.0. The average molecular weight is 534 g/mol. The van der Waals surface area contributed by atoms with Crippen LogP contribution in [0.1, 0.15) is 41.2 Å².